The molecule has 0 N–H and O–H groups in total. The molecule has 2 heterocycles. The molecule has 0 aliphatic carbocycles. The highest BCUT2D eigenvalue weighted by Crippen LogP contribution is 2.23. The normalized spacial score (nSPS) is 21.3. The van der Waals surface area contributed by atoms with Crippen LogP contribution in [-0.4, -0.2) is 23.3 Å². The number of aromatic nitrogens is 2. The lowest BCUT2D eigenvalue weighted by molar-refractivity contribution is 0.459. The second-order valence-electron chi connectivity index (χ2n) is 4.71. The predicted molar refractivity (Wildman–Crippen MR) is 71.4 cm³/mol. The highest BCUT2D eigenvalue weighted by atomic mass is 35.5. The molecule has 3 nitrogen and oxygen atoms in total. The molecule has 0 radical (unpaired) electrons. The lowest BCUT2D eigenvalue weighted by atomic mass is 9.98. The SMILES string of the molecule is CCC1CCCN(c2ccc(CCl)nn2)CC1. The standard InChI is InChI=1S/C13H20ClN3/c1-2-11-4-3-8-17(9-7-11)13-6-5-12(10-14)15-16-13/h5-6,11H,2-4,7-10H2,1H3. The van der Waals surface area contributed by atoms with Gasteiger partial charge >= 0.3 is 0 Å². The second-order valence-corrected chi connectivity index (χ2v) is 4.98. The number of nitrogens with zero attached hydrogens (tertiary/aromatic N) is 3. The Bertz CT molecular complexity index is 339. The van der Waals surface area contributed by atoms with Crippen molar-refractivity contribution in [3.05, 3.63) is 17.8 Å². The van der Waals surface area contributed by atoms with Crippen molar-refractivity contribution in [2.24, 2.45) is 5.92 Å². The fourth-order valence-electron chi connectivity index (χ4n) is 2.40. The molecule has 1 saturated heterocycles. The maximum Gasteiger partial charge on any atom is 0.151 e. The highest BCUT2D eigenvalue weighted by molar-refractivity contribution is 6.16. The molecule has 94 valence electrons. The van der Waals surface area contributed by atoms with Gasteiger partial charge in [0.25, 0.3) is 0 Å². The Morgan fingerprint density at radius 3 is 2.82 bits per heavy atom. The quantitative estimate of drug-likeness (QED) is 0.775. The average Bonchev–Trinajstić information content (AvgIpc) is 2.64. The minimum Gasteiger partial charge on any atom is -0.355 e. The van der Waals surface area contributed by atoms with Crippen LogP contribution in [0.1, 0.15) is 38.3 Å². The molecule has 0 spiro atoms. The first-order chi connectivity index (χ1) is 8.33. The average molecular weight is 254 g/mol. The zero-order valence-corrected chi connectivity index (χ0v) is 11.2. The van der Waals surface area contributed by atoms with Gasteiger partial charge in [-0.3, -0.25) is 0 Å². The Morgan fingerprint density at radius 2 is 2.18 bits per heavy atom. The third kappa shape index (κ3) is 3.32. The van der Waals surface area contributed by atoms with E-state index < -0.39 is 0 Å². The van der Waals surface area contributed by atoms with Crippen molar-refractivity contribution in [2.75, 3.05) is 18.0 Å². The zero-order valence-electron chi connectivity index (χ0n) is 10.4. The van der Waals surface area contributed by atoms with Crippen LogP contribution in [-0.2, 0) is 5.88 Å². The van der Waals surface area contributed by atoms with Gasteiger partial charge in [0.1, 0.15) is 0 Å². The Labute approximate surface area is 108 Å². The Kier molecular flexibility index (Phi) is 4.60. The van der Waals surface area contributed by atoms with Crippen molar-refractivity contribution in [2.45, 2.75) is 38.5 Å². The summed E-state index contributed by atoms with van der Waals surface area (Å²) in [6, 6.07) is 4.01. The summed E-state index contributed by atoms with van der Waals surface area (Å²) in [4.78, 5) is 2.35. The summed E-state index contributed by atoms with van der Waals surface area (Å²) >= 11 is 5.71. The summed E-state index contributed by atoms with van der Waals surface area (Å²) < 4.78 is 0. The highest BCUT2D eigenvalue weighted by Gasteiger charge is 2.16. The van der Waals surface area contributed by atoms with E-state index in [1.54, 1.807) is 0 Å². The summed E-state index contributed by atoms with van der Waals surface area (Å²) in [6.45, 7) is 4.49. The number of halogens is 1. The van der Waals surface area contributed by atoms with E-state index in [9.17, 15) is 0 Å². The Hall–Kier alpha value is -0.830. The molecule has 1 unspecified atom stereocenters. The molecule has 1 aromatic rings. The van der Waals surface area contributed by atoms with E-state index in [0.29, 0.717) is 5.88 Å². The summed E-state index contributed by atoms with van der Waals surface area (Å²) in [5.74, 6) is 2.32. The van der Waals surface area contributed by atoms with E-state index in [2.05, 4.69) is 22.0 Å². The third-order valence-electron chi connectivity index (χ3n) is 3.59. The molecule has 1 atom stereocenters. The predicted octanol–water partition coefficient (Wildman–Crippen LogP) is 3.23. The molecule has 2 rings (SSSR count). The van der Waals surface area contributed by atoms with Gasteiger partial charge in [-0.1, -0.05) is 13.3 Å². The van der Waals surface area contributed by atoms with Crippen LogP contribution in [0.5, 0.6) is 0 Å². The third-order valence-corrected chi connectivity index (χ3v) is 3.87. The monoisotopic (exact) mass is 253 g/mol. The van der Waals surface area contributed by atoms with Crippen LogP contribution in [0.25, 0.3) is 0 Å². The number of hydrogen-bond acceptors (Lipinski definition) is 3. The van der Waals surface area contributed by atoms with Crippen LogP contribution in [0, 0.1) is 5.92 Å². The van der Waals surface area contributed by atoms with Crippen LogP contribution in [0.4, 0.5) is 5.82 Å². The first kappa shape index (κ1) is 12.6. The van der Waals surface area contributed by atoms with Gasteiger partial charge < -0.3 is 4.90 Å². The molecule has 1 fully saturated rings. The summed E-state index contributed by atoms with van der Waals surface area (Å²) in [6.07, 6.45) is 5.18. The first-order valence-corrected chi connectivity index (χ1v) is 7.00. The van der Waals surface area contributed by atoms with Gasteiger partial charge in [0, 0.05) is 13.1 Å². The van der Waals surface area contributed by atoms with E-state index in [4.69, 9.17) is 11.6 Å². The number of hydrogen-bond donors (Lipinski definition) is 0. The van der Waals surface area contributed by atoms with Gasteiger partial charge in [0.15, 0.2) is 5.82 Å². The van der Waals surface area contributed by atoms with E-state index >= 15 is 0 Å². The summed E-state index contributed by atoms with van der Waals surface area (Å²) in [5, 5.41) is 8.38. The number of alkyl halides is 1. The fourth-order valence-corrected chi connectivity index (χ4v) is 2.54. The molecular weight excluding hydrogens is 234 g/mol. The van der Waals surface area contributed by atoms with E-state index in [1.807, 2.05) is 12.1 Å². The van der Waals surface area contributed by atoms with Crippen molar-refractivity contribution in [1.29, 1.82) is 0 Å². The minimum absolute atomic E-state index is 0.436. The Balaban J connectivity index is 2.01. The molecule has 0 aromatic carbocycles. The molecule has 1 aliphatic rings. The number of rotatable bonds is 3. The van der Waals surface area contributed by atoms with Gasteiger partial charge in [-0.25, -0.2) is 0 Å². The van der Waals surface area contributed by atoms with E-state index in [-0.39, 0.29) is 0 Å². The van der Waals surface area contributed by atoms with Gasteiger partial charge in [-0.2, -0.15) is 5.10 Å². The molecule has 0 saturated carbocycles. The van der Waals surface area contributed by atoms with Crippen LogP contribution in [0.15, 0.2) is 12.1 Å². The van der Waals surface area contributed by atoms with E-state index in [0.717, 1.165) is 30.5 Å². The van der Waals surface area contributed by atoms with Crippen LogP contribution < -0.4 is 4.90 Å². The molecule has 17 heavy (non-hydrogen) atoms. The second kappa shape index (κ2) is 6.20. The van der Waals surface area contributed by atoms with E-state index in [1.165, 1.54) is 25.7 Å². The lowest BCUT2D eigenvalue weighted by Crippen LogP contribution is -2.25. The molecule has 0 amide bonds. The lowest BCUT2D eigenvalue weighted by Gasteiger charge is -2.20. The smallest absolute Gasteiger partial charge is 0.151 e. The zero-order chi connectivity index (χ0) is 12.1. The topological polar surface area (TPSA) is 29.0 Å². The molecule has 1 aliphatic heterocycles. The van der Waals surface area contributed by atoms with Gasteiger partial charge in [0.05, 0.1) is 11.6 Å². The molecule has 4 heteroatoms. The van der Waals surface area contributed by atoms with Gasteiger partial charge in [-0.15, -0.1) is 16.7 Å². The van der Waals surface area contributed by atoms with Gasteiger partial charge in [-0.05, 0) is 37.3 Å². The maximum atomic E-state index is 5.71. The maximum absolute atomic E-state index is 5.71. The molecular formula is C13H20ClN3. The van der Waals surface area contributed by atoms with Gasteiger partial charge in [0.2, 0.25) is 0 Å². The summed E-state index contributed by atoms with van der Waals surface area (Å²) in [5.41, 5.74) is 0.844. The first-order valence-electron chi connectivity index (χ1n) is 6.47. The minimum atomic E-state index is 0.436. The van der Waals surface area contributed by atoms with Crippen molar-refractivity contribution in [1.82, 2.24) is 10.2 Å². The van der Waals surface area contributed by atoms with Crippen molar-refractivity contribution < 1.29 is 0 Å². The van der Waals surface area contributed by atoms with Crippen molar-refractivity contribution >= 4 is 17.4 Å². The number of anilines is 1. The van der Waals surface area contributed by atoms with Crippen molar-refractivity contribution in [3.63, 3.8) is 0 Å². The van der Waals surface area contributed by atoms with Crippen molar-refractivity contribution in [3.8, 4) is 0 Å². The molecule has 1 aromatic heterocycles. The summed E-state index contributed by atoms with van der Waals surface area (Å²) in [7, 11) is 0. The Morgan fingerprint density at radius 1 is 1.29 bits per heavy atom. The molecule has 0 bridgehead atoms. The largest absolute Gasteiger partial charge is 0.355 e. The fraction of sp³-hybridized carbons (Fsp3) is 0.692. The van der Waals surface area contributed by atoms with Crippen LogP contribution in [0.3, 0.4) is 0 Å². The van der Waals surface area contributed by atoms with Crippen LogP contribution >= 0.6 is 11.6 Å². The van der Waals surface area contributed by atoms with Crippen LogP contribution in [0.2, 0.25) is 0 Å².